The van der Waals surface area contributed by atoms with Crippen LogP contribution in [-0.2, 0) is 11.2 Å². The van der Waals surface area contributed by atoms with E-state index in [9.17, 15) is 4.79 Å². The van der Waals surface area contributed by atoms with E-state index in [0.717, 1.165) is 12.1 Å². The number of methoxy groups -OCH3 is 1. The van der Waals surface area contributed by atoms with Gasteiger partial charge in [0.05, 0.1) is 7.11 Å². The molecule has 5 heteroatoms. The molecule has 0 spiro atoms. The fourth-order valence-electron chi connectivity index (χ4n) is 1.80. The van der Waals surface area contributed by atoms with Crippen molar-refractivity contribution >= 4 is 23.0 Å². The molecule has 0 radical (unpaired) electrons. The third-order valence-electron chi connectivity index (χ3n) is 2.66. The molecule has 0 amide bonds. The van der Waals surface area contributed by atoms with Crippen molar-refractivity contribution in [2.45, 2.75) is 19.4 Å². The number of hydrogen-bond acceptors (Lipinski definition) is 5. The minimum absolute atomic E-state index is 0.284. The highest BCUT2D eigenvalue weighted by atomic mass is 32.1. The van der Waals surface area contributed by atoms with E-state index < -0.39 is 5.97 Å². The normalized spacial score (nSPS) is 11.9. The van der Waals surface area contributed by atoms with E-state index in [1.165, 1.54) is 12.0 Å². The summed E-state index contributed by atoms with van der Waals surface area (Å²) in [7, 11) is 1.35. The summed E-state index contributed by atoms with van der Waals surface area (Å²) < 4.78 is 4.65. The van der Waals surface area contributed by atoms with Gasteiger partial charge >= 0.3 is 5.97 Å². The van der Waals surface area contributed by atoms with Crippen LogP contribution in [0.5, 0.6) is 0 Å². The molecule has 0 aliphatic heterocycles. The van der Waals surface area contributed by atoms with Crippen molar-refractivity contribution in [1.82, 2.24) is 4.98 Å². The van der Waals surface area contributed by atoms with Gasteiger partial charge in [-0.1, -0.05) is 6.07 Å². The van der Waals surface area contributed by atoms with Gasteiger partial charge in [-0.05, 0) is 30.5 Å². The molecule has 2 aromatic rings. The number of carbonyl (C=O) groups excluding carboxylic acids is 1. The number of pyridine rings is 1. The first-order valence-corrected chi connectivity index (χ1v) is 6.90. The molecule has 1 atom stereocenters. The fraction of sp³-hybridized carbons (Fsp3) is 0.286. The molecule has 0 aliphatic carbocycles. The summed E-state index contributed by atoms with van der Waals surface area (Å²) in [5, 5.41) is 5.43. The SMILES string of the molecule is COC(=O)c1cc(NC(C)Cc2cccs2)ccn1. The van der Waals surface area contributed by atoms with Crippen molar-refractivity contribution in [3.05, 3.63) is 46.4 Å². The summed E-state index contributed by atoms with van der Waals surface area (Å²) in [5.41, 5.74) is 1.19. The molecule has 0 bridgehead atoms. The first kappa shape index (κ1) is 13.5. The van der Waals surface area contributed by atoms with E-state index in [4.69, 9.17) is 0 Å². The molecule has 0 fully saturated rings. The zero-order chi connectivity index (χ0) is 13.7. The highest BCUT2D eigenvalue weighted by molar-refractivity contribution is 7.09. The van der Waals surface area contributed by atoms with Gasteiger partial charge in [0.15, 0.2) is 0 Å². The van der Waals surface area contributed by atoms with Crippen LogP contribution in [0.1, 0.15) is 22.3 Å². The van der Waals surface area contributed by atoms with Crippen LogP contribution in [0.3, 0.4) is 0 Å². The number of nitrogens with one attached hydrogen (secondary N) is 1. The summed E-state index contributed by atoms with van der Waals surface area (Å²) in [6, 6.07) is 8.00. The topological polar surface area (TPSA) is 51.2 Å². The average molecular weight is 276 g/mol. The van der Waals surface area contributed by atoms with E-state index in [0.29, 0.717) is 5.69 Å². The Morgan fingerprint density at radius 1 is 1.53 bits per heavy atom. The van der Waals surface area contributed by atoms with Gasteiger partial charge in [0.1, 0.15) is 5.69 Å². The number of nitrogens with zero attached hydrogens (tertiary/aromatic N) is 1. The highest BCUT2D eigenvalue weighted by Gasteiger charge is 2.09. The largest absolute Gasteiger partial charge is 0.464 e. The lowest BCUT2D eigenvalue weighted by Gasteiger charge is -2.14. The molecule has 0 aliphatic rings. The Bertz CT molecular complexity index is 540. The van der Waals surface area contributed by atoms with Crippen molar-refractivity contribution < 1.29 is 9.53 Å². The number of carbonyl (C=O) groups is 1. The number of hydrogen-bond donors (Lipinski definition) is 1. The lowest BCUT2D eigenvalue weighted by atomic mass is 10.2. The Morgan fingerprint density at radius 2 is 2.37 bits per heavy atom. The molecule has 0 saturated carbocycles. The smallest absolute Gasteiger partial charge is 0.356 e. The van der Waals surface area contributed by atoms with Gasteiger partial charge in [0.2, 0.25) is 0 Å². The van der Waals surface area contributed by atoms with Gasteiger partial charge in [-0.3, -0.25) is 0 Å². The maximum absolute atomic E-state index is 11.4. The van der Waals surface area contributed by atoms with E-state index in [1.54, 1.807) is 23.6 Å². The average Bonchev–Trinajstić information content (AvgIpc) is 2.90. The number of ether oxygens (including phenoxy) is 1. The van der Waals surface area contributed by atoms with Gasteiger partial charge in [-0.25, -0.2) is 9.78 Å². The van der Waals surface area contributed by atoms with Crippen LogP contribution < -0.4 is 5.32 Å². The first-order valence-electron chi connectivity index (χ1n) is 6.02. The summed E-state index contributed by atoms with van der Waals surface area (Å²) in [6.45, 7) is 2.11. The maximum atomic E-state index is 11.4. The molecule has 4 nitrogen and oxygen atoms in total. The van der Waals surface area contributed by atoms with Gasteiger partial charge in [-0.15, -0.1) is 11.3 Å². The first-order chi connectivity index (χ1) is 9.19. The standard InChI is InChI=1S/C14H16N2O2S/c1-10(8-12-4-3-7-19-12)16-11-5-6-15-13(9-11)14(17)18-2/h3-7,9-10H,8H2,1-2H3,(H,15,16). The molecular formula is C14H16N2O2S. The Morgan fingerprint density at radius 3 is 3.05 bits per heavy atom. The van der Waals surface area contributed by atoms with Gasteiger partial charge in [0, 0.05) is 29.2 Å². The highest BCUT2D eigenvalue weighted by Crippen LogP contribution is 2.15. The Hall–Kier alpha value is -1.88. The third kappa shape index (κ3) is 3.79. The monoisotopic (exact) mass is 276 g/mol. The Kier molecular flexibility index (Phi) is 4.52. The fourth-order valence-corrected chi connectivity index (χ4v) is 2.64. The number of rotatable bonds is 5. The second-order valence-corrected chi connectivity index (χ2v) is 5.28. The molecule has 2 heterocycles. The second kappa shape index (κ2) is 6.33. The van der Waals surface area contributed by atoms with Crippen LogP contribution >= 0.6 is 11.3 Å². The van der Waals surface area contributed by atoms with Crippen LogP contribution in [0.15, 0.2) is 35.8 Å². The molecular weight excluding hydrogens is 260 g/mol. The van der Waals surface area contributed by atoms with E-state index in [1.807, 2.05) is 6.07 Å². The predicted molar refractivity (Wildman–Crippen MR) is 76.7 cm³/mol. The molecule has 0 saturated heterocycles. The van der Waals surface area contributed by atoms with Crippen LogP contribution in [0, 0.1) is 0 Å². The minimum Gasteiger partial charge on any atom is -0.464 e. The van der Waals surface area contributed by atoms with E-state index >= 15 is 0 Å². The lowest BCUT2D eigenvalue weighted by molar-refractivity contribution is 0.0594. The molecule has 1 unspecified atom stereocenters. The molecule has 19 heavy (non-hydrogen) atoms. The molecule has 100 valence electrons. The van der Waals surface area contributed by atoms with Gasteiger partial charge < -0.3 is 10.1 Å². The van der Waals surface area contributed by atoms with Gasteiger partial charge in [-0.2, -0.15) is 0 Å². The summed E-state index contributed by atoms with van der Waals surface area (Å²) >= 11 is 1.75. The van der Waals surface area contributed by atoms with Crippen molar-refractivity contribution in [1.29, 1.82) is 0 Å². The molecule has 2 aromatic heterocycles. The minimum atomic E-state index is -0.422. The quantitative estimate of drug-likeness (QED) is 0.853. The zero-order valence-corrected chi connectivity index (χ0v) is 11.7. The second-order valence-electron chi connectivity index (χ2n) is 4.25. The van der Waals surface area contributed by atoms with Crippen molar-refractivity contribution in [2.75, 3.05) is 12.4 Å². The van der Waals surface area contributed by atoms with Gasteiger partial charge in [0.25, 0.3) is 0 Å². The van der Waals surface area contributed by atoms with Crippen molar-refractivity contribution in [3.8, 4) is 0 Å². The number of anilines is 1. The molecule has 1 N–H and O–H groups in total. The maximum Gasteiger partial charge on any atom is 0.356 e. The molecule has 0 aromatic carbocycles. The number of aromatic nitrogens is 1. The van der Waals surface area contributed by atoms with E-state index in [2.05, 4.69) is 39.5 Å². The predicted octanol–water partition coefficient (Wildman–Crippen LogP) is 2.97. The summed E-state index contributed by atoms with van der Waals surface area (Å²) in [6.07, 6.45) is 2.56. The number of thiophene rings is 1. The van der Waals surface area contributed by atoms with Crippen LogP contribution in [-0.4, -0.2) is 24.1 Å². The van der Waals surface area contributed by atoms with Crippen molar-refractivity contribution in [3.63, 3.8) is 0 Å². The summed E-state index contributed by atoms with van der Waals surface area (Å²) in [4.78, 5) is 16.7. The third-order valence-corrected chi connectivity index (χ3v) is 3.55. The zero-order valence-electron chi connectivity index (χ0n) is 10.9. The van der Waals surface area contributed by atoms with Crippen LogP contribution in [0.2, 0.25) is 0 Å². The molecule has 2 rings (SSSR count). The Balaban J connectivity index is 2.00. The van der Waals surface area contributed by atoms with Crippen molar-refractivity contribution in [2.24, 2.45) is 0 Å². The lowest BCUT2D eigenvalue weighted by Crippen LogP contribution is -2.18. The van der Waals surface area contributed by atoms with E-state index in [-0.39, 0.29) is 6.04 Å². The Labute approximate surface area is 116 Å². The summed E-state index contributed by atoms with van der Waals surface area (Å²) in [5.74, 6) is -0.422. The number of esters is 1. The van der Waals surface area contributed by atoms with Crippen LogP contribution in [0.25, 0.3) is 0 Å². The van der Waals surface area contributed by atoms with Crippen LogP contribution in [0.4, 0.5) is 5.69 Å².